The lowest BCUT2D eigenvalue weighted by molar-refractivity contribution is 0.407. The molecular weight excluding hydrogens is 300 g/mol. The maximum absolute atomic E-state index is 5.32. The van der Waals surface area contributed by atoms with Crippen LogP contribution in [0, 0.1) is 0 Å². The molecule has 0 aliphatic heterocycles. The minimum absolute atomic E-state index is 0.778. The smallest absolute Gasteiger partial charge is 0.123 e. The first-order valence-electron chi connectivity index (χ1n) is 5.20. The Hall–Kier alpha value is -0.910. The number of methoxy groups -OCH3 is 1. The topological polar surface area (TPSA) is 34.1 Å². The zero-order valence-corrected chi connectivity index (χ0v) is 11.8. The third kappa shape index (κ3) is 3.52. The summed E-state index contributed by atoms with van der Waals surface area (Å²) in [4.78, 5) is 5.28. The predicted molar refractivity (Wildman–Crippen MR) is 73.4 cm³/mol. The average Bonchev–Trinajstić information content (AvgIpc) is 2.82. The largest absolute Gasteiger partial charge is 0.496 e. The van der Waals surface area contributed by atoms with Gasteiger partial charge in [0.05, 0.1) is 12.6 Å². The molecule has 0 saturated heterocycles. The third-order valence-corrected chi connectivity index (χ3v) is 3.61. The van der Waals surface area contributed by atoms with Crippen LogP contribution in [0.4, 0.5) is 0 Å². The van der Waals surface area contributed by atoms with Crippen LogP contribution in [-0.4, -0.2) is 12.1 Å². The summed E-state index contributed by atoms with van der Waals surface area (Å²) in [6.07, 6.45) is 1.88. The number of halogens is 1. The fourth-order valence-electron chi connectivity index (χ4n) is 1.54. The lowest BCUT2D eigenvalue weighted by atomic mass is 10.2. The van der Waals surface area contributed by atoms with Gasteiger partial charge in [0, 0.05) is 34.2 Å². The number of thiazole rings is 1. The number of benzene rings is 1. The summed E-state index contributed by atoms with van der Waals surface area (Å²) < 4.78 is 6.38. The highest BCUT2D eigenvalue weighted by Crippen LogP contribution is 2.22. The van der Waals surface area contributed by atoms with E-state index in [-0.39, 0.29) is 0 Å². The van der Waals surface area contributed by atoms with Crippen molar-refractivity contribution in [3.63, 3.8) is 0 Å². The van der Waals surface area contributed by atoms with Crippen LogP contribution in [0.3, 0.4) is 0 Å². The summed E-state index contributed by atoms with van der Waals surface area (Å²) >= 11 is 5.12. The summed E-state index contributed by atoms with van der Waals surface area (Å²) in [5, 5.41) is 3.38. The van der Waals surface area contributed by atoms with E-state index in [1.807, 2.05) is 23.8 Å². The maximum Gasteiger partial charge on any atom is 0.123 e. The minimum Gasteiger partial charge on any atom is -0.496 e. The number of aromatic nitrogens is 1. The zero-order chi connectivity index (χ0) is 12.1. The Morgan fingerprint density at radius 1 is 1.41 bits per heavy atom. The average molecular weight is 313 g/mol. The van der Waals surface area contributed by atoms with Crippen LogP contribution in [0.15, 0.2) is 34.4 Å². The molecule has 0 saturated carbocycles. The Morgan fingerprint density at radius 3 is 3.00 bits per heavy atom. The fraction of sp³-hybridized carbons (Fsp3) is 0.250. The number of rotatable bonds is 5. The first-order chi connectivity index (χ1) is 8.29. The van der Waals surface area contributed by atoms with Gasteiger partial charge in [-0.3, -0.25) is 4.98 Å². The summed E-state index contributed by atoms with van der Waals surface area (Å²) in [7, 11) is 1.69. The van der Waals surface area contributed by atoms with Crippen molar-refractivity contribution in [2.75, 3.05) is 7.11 Å². The Kier molecular flexibility index (Phi) is 4.53. The van der Waals surface area contributed by atoms with Crippen LogP contribution in [-0.2, 0) is 13.1 Å². The molecular formula is C12H13BrN2OS. The van der Waals surface area contributed by atoms with E-state index < -0.39 is 0 Å². The van der Waals surface area contributed by atoms with Gasteiger partial charge in [-0.2, -0.15) is 0 Å². The molecule has 0 aliphatic carbocycles. The molecule has 2 aromatic rings. The molecule has 0 spiro atoms. The van der Waals surface area contributed by atoms with Crippen LogP contribution in [0.1, 0.15) is 10.4 Å². The van der Waals surface area contributed by atoms with Crippen molar-refractivity contribution in [3.05, 3.63) is 44.8 Å². The molecule has 3 nitrogen and oxygen atoms in total. The lowest BCUT2D eigenvalue weighted by Gasteiger charge is -2.09. The number of nitrogens with one attached hydrogen (secondary N) is 1. The fourth-order valence-corrected chi connectivity index (χ4v) is 2.51. The Bertz CT molecular complexity index is 473. The molecule has 17 heavy (non-hydrogen) atoms. The quantitative estimate of drug-likeness (QED) is 0.920. The van der Waals surface area contributed by atoms with Crippen molar-refractivity contribution in [1.82, 2.24) is 10.3 Å². The van der Waals surface area contributed by atoms with Crippen LogP contribution >= 0.6 is 27.3 Å². The standard InChI is InChI=1S/C12H13BrN2OS/c1-16-12-3-2-10(13)4-9(12)5-14-6-11-7-15-8-17-11/h2-4,7-8,14H,5-6H2,1H3. The predicted octanol–water partition coefficient (Wildman–Crippen LogP) is 3.20. The molecule has 0 radical (unpaired) electrons. The Morgan fingerprint density at radius 2 is 2.29 bits per heavy atom. The van der Waals surface area contributed by atoms with Crippen molar-refractivity contribution in [2.45, 2.75) is 13.1 Å². The van der Waals surface area contributed by atoms with Gasteiger partial charge in [0.2, 0.25) is 0 Å². The normalized spacial score (nSPS) is 10.5. The molecule has 0 fully saturated rings. The number of ether oxygens (including phenoxy) is 1. The summed E-state index contributed by atoms with van der Waals surface area (Å²) in [5.74, 6) is 0.907. The molecule has 0 amide bonds. The monoisotopic (exact) mass is 312 g/mol. The van der Waals surface area contributed by atoms with E-state index in [2.05, 4.69) is 32.3 Å². The van der Waals surface area contributed by atoms with E-state index in [0.717, 1.165) is 28.9 Å². The molecule has 2 rings (SSSR count). The summed E-state index contributed by atoms with van der Waals surface area (Å²) in [5.41, 5.74) is 2.99. The van der Waals surface area contributed by atoms with Crippen molar-refractivity contribution in [3.8, 4) is 5.75 Å². The van der Waals surface area contributed by atoms with Crippen molar-refractivity contribution < 1.29 is 4.74 Å². The minimum atomic E-state index is 0.778. The molecule has 0 atom stereocenters. The highest BCUT2D eigenvalue weighted by Gasteiger charge is 2.03. The number of hydrogen-bond acceptors (Lipinski definition) is 4. The molecule has 1 N–H and O–H groups in total. The third-order valence-electron chi connectivity index (χ3n) is 2.34. The van der Waals surface area contributed by atoms with Crippen LogP contribution in [0.2, 0.25) is 0 Å². The Labute approximate surface area is 113 Å². The molecule has 1 aromatic carbocycles. The highest BCUT2D eigenvalue weighted by atomic mass is 79.9. The van der Waals surface area contributed by atoms with Gasteiger partial charge in [0.15, 0.2) is 0 Å². The van der Waals surface area contributed by atoms with Crippen LogP contribution in [0.25, 0.3) is 0 Å². The van der Waals surface area contributed by atoms with Gasteiger partial charge in [0.25, 0.3) is 0 Å². The van der Waals surface area contributed by atoms with Crippen molar-refractivity contribution in [1.29, 1.82) is 0 Å². The second-order valence-electron chi connectivity index (χ2n) is 3.53. The van der Waals surface area contributed by atoms with E-state index in [4.69, 9.17) is 4.74 Å². The SMILES string of the molecule is COc1ccc(Br)cc1CNCc1cncs1. The lowest BCUT2D eigenvalue weighted by Crippen LogP contribution is -2.12. The van der Waals surface area contributed by atoms with E-state index in [9.17, 15) is 0 Å². The van der Waals surface area contributed by atoms with Crippen molar-refractivity contribution >= 4 is 27.3 Å². The summed E-state index contributed by atoms with van der Waals surface area (Å²) in [6.45, 7) is 1.61. The molecule has 1 heterocycles. The second-order valence-corrected chi connectivity index (χ2v) is 5.41. The molecule has 0 aliphatic rings. The van der Waals surface area contributed by atoms with Gasteiger partial charge in [-0.25, -0.2) is 0 Å². The zero-order valence-electron chi connectivity index (χ0n) is 9.44. The van der Waals surface area contributed by atoms with Gasteiger partial charge in [-0.1, -0.05) is 15.9 Å². The second kappa shape index (κ2) is 6.14. The van der Waals surface area contributed by atoms with Gasteiger partial charge >= 0.3 is 0 Å². The molecule has 1 aromatic heterocycles. The highest BCUT2D eigenvalue weighted by molar-refractivity contribution is 9.10. The molecule has 0 bridgehead atoms. The van der Waals surface area contributed by atoms with Crippen molar-refractivity contribution in [2.24, 2.45) is 0 Å². The van der Waals surface area contributed by atoms with Gasteiger partial charge in [-0.15, -0.1) is 11.3 Å². The first-order valence-corrected chi connectivity index (χ1v) is 6.87. The van der Waals surface area contributed by atoms with Gasteiger partial charge < -0.3 is 10.1 Å². The summed E-state index contributed by atoms with van der Waals surface area (Å²) in [6, 6.07) is 6.01. The van der Waals surface area contributed by atoms with Gasteiger partial charge in [0.1, 0.15) is 5.75 Å². The maximum atomic E-state index is 5.32. The molecule has 90 valence electrons. The number of nitrogens with zero attached hydrogens (tertiary/aromatic N) is 1. The molecule has 0 unspecified atom stereocenters. The number of hydrogen-bond donors (Lipinski definition) is 1. The van der Waals surface area contributed by atoms with Gasteiger partial charge in [-0.05, 0) is 18.2 Å². The van der Waals surface area contributed by atoms with E-state index in [1.54, 1.807) is 18.4 Å². The Balaban J connectivity index is 1.96. The van der Waals surface area contributed by atoms with E-state index >= 15 is 0 Å². The van der Waals surface area contributed by atoms with E-state index in [1.165, 1.54) is 4.88 Å². The van der Waals surface area contributed by atoms with Crippen LogP contribution < -0.4 is 10.1 Å². The first kappa shape index (κ1) is 12.5. The van der Waals surface area contributed by atoms with Crippen LogP contribution in [0.5, 0.6) is 5.75 Å². The van der Waals surface area contributed by atoms with E-state index in [0.29, 0.717) is 0 Å². The molecule has 5 heteroatoms.